The third-order valence-electron chi connectivity index (χ3n) is 4.00. The number of nitrogens with two attached hydrogens (primary N) is 1. The lowest BCUT2D eigenvalue weighted by molar-refractivity contribution is 0.0322. The Morgan fingerprint density at radius 3 is 2.50 bits per heavy atom. The molecule has 0 aromatic heterocycles. The van der Waals surface area contributed by atoms with Gasteiger partial charge in [-0.25, -0.2) is 0 Å². The smallest absolute Gasteiger partial charge is 0.0756 e. The number of hydrogen-bond donors (Lipinski definition) is 2. The van der Waals surface area contributed by atoms with Gasteiger partial charge in [0.2, 0.25) is 0 Å². The van der Waals surface area contributed by atoms with E-state index in [4.69, 9.17) is 5.73 Å². The highest BCUT2D eigenvalue weighted by molar-refractivity contribution is 4.85. The molecule has 96 valence electrons. The summed E-state index contributed by atoms with van der Waals surface area (Å²) in [5, 5.41) is 9.98. The number of aliphatic hydroxyl groups is 1. The van der Waals surface area contributed by atoms with Gasteiger partial charge in [0.05, 0.1) is 5.60 Å². The lowest BCUT2D eigenvalue weighted by Crippen LogP contribution is -2.42. The van der Waals surface area contributed by atoms with E-state index in [1.807, 2.05) is 6.92 Å². The Balaban J connectivity index is 2.42. The van der Waals surface area contributed by atoms with Crippen molar-refractivity contribution >= 4 is 0 Å². The van der Waals surface area contributed by atoms with Gasteiger partial charge in [0.1, 0.15) is 0 Å². The van der Waals surface area contributed by atoms with Crippen LogP contribution in [-0.4, -0.2) is 41.3 Å². The molecule has 3 unspecified atom stereocenters. The standard InChI is InChI=1S/C13H28N2O/c1-10(2)12-5-6-15(8-12)11(3)7-13(4,16)9-14/h10-12,16H,5-9,14H2,1-4H3. The lowest BCUT2D eigenvalue weighted by Gasteiger charge is -2.31. The number of nitrogens with zero attached hydrogens (tertiary/aromatic N) is 1. The summed E-state index contributed by atoms with van der Waals surface area (Å²) in [5.74, 6) is 1.59. The second kappa shape index (κ2) is 5.48. The van der Waals surface area contributed by atoms with Gasteiger partial charge in [-0.1, -0.05) is 13.8 Å². The first kappa shape index (κ1) is 13.9. The molecule has 1 aliphatic heterocycles. The van der Waals surface area contributed by atoms with Gasteiger partial charge in [-0.05, 0) is 45.1 Å². The van der Waals surface area contributed by atoms with E-state index >= 15 is 0 Å². The van der Waals surface area contributed by atoms with Crippen LogP contribution in [0.4, 0.5) is 0 Å². The number of hydrogen-bond acceptors (Lipinski definition) is 3. The molecule has 0 aliphatic carbocycles. The van der Waals surface area contributed by atoms with Crippen LogP contribution >= 0.6 is 0 Å². The van der Waals surface area contributed by atoms with Crippen molar-refractivity contribution in [3.63, 3.8) is 0 Å². The highest BCUT2D eigenvalue weighted by Crippen LogP contribution is 2.27. The van der Waals surface area contributed by atoms with Crippen LogP contribution in [-0.2, 0) is 0 Å². The quantitative estimate of drug-likeness (QED) is 0.749. The van der Waals surface area contributed by atoms with Gasteiger partial charge < -0.3 is 15.7 Å². The molecule has 16 heavy (non-hydrogen) atoms. The Bertz CT molecular complexity index is 216. The molecule has 3 N–H and O–H groups in total. The van der Waals surface area contributed by atoms with Crippen molar-refractivity contribution in [2.24, 2.45) is 17.6 Å². The van der Waals surface area contributed by atoms with E-state index in [-0.39, 0.29) is 0 Å². The van der Waals surface area contributed by atoms with Crippen molar-refractivity contribution in [2.75, 3.05) is 19.6 Å². The average molecular weight is 228 g/mol. The van der Waals surface area contributed by atoms with Gasteiger partial charge in [0, 0.05) is 19.1 Å². The predicted octanol–water partition coefficient (Wildman–Crippen LogP) is 1.45. The Morgan fingerprint density at radius 2 is 2.06 bits per heavy atom. The van der Waals surface area contributed by atoms with Crippen molar-refractivity contribution in [3.05, 3.63) is 0 Å². The van der Waals surface area contributed by atoms with Gasteiger partial charge >= 0.3 is 0 Å². The zero-order valence-electron chi connectivity index (χ0n) is 11.2. The minimum absolute atomic E-state index is 0.346. The van der Waals surface area contributed by atoms with Crippen molar-refractivity contribution in [3.8, 4) is 0 Å². The van der Waals surface area contributed by atoms with Crippen LogP contribution in [0.3, 0.4) is 0 Å². The Hall–Kier alpha value is -0.120. The number of rotatable bonds is 5. The van der Waals surface area contributed by atoms with Crippen LogP contribution in [0.1, 0.15) is 40.5 Å². The van der Waals surface area contributed by atoms with E-state index in [1.54, 1.807) is 0 Å². The molecule has 1 rings (SSSR count). The molecule has 0 amide bonds. The van der Waals surface area contributed by atoms with E-state index in [2.05, 4.69) is 25.7 Å². The van der Waals surface area contributed by atoms with E-state index in [1.165, 1.54) is 19.5 Å². The molecule has 1 fully saturated rings. The van der Waals surface area contributed by atoms with E-state index in [0.717, 1.165) is 18.3 Å². The fourth-order valence-corrected chi connectivity index (χ4v) is 2.61. The van der Waals surface area contributed by atoms with Crippen molar-refractivity contribution in [1.82, 2.24) is 4.90 Å². The van der Waals surface area contributed by atoms with E-state index < -0.39 is 5.60 Å². The summed E-state index contributed by atoms with van der Waals surface area (Å²) in [6.45, 7) is 11.3. The molecule has 1 saturated heterocycles. The van der Waals surface area contributed by atoms with Crippen LogP contribution in [0.15, 0.2) is 0 Å². The van der Waals surface area contributed by atoms with Crippen LogP contribution in [0.5, 0.6) is 0 Å². The molecule has 3 atom stereocenters. The summed E-state index contributed by atoms with van der Waals surface area (Å²) >= 11 is 0. The average Bonchev–Trinajstić information content (AvgIpc) is 2.66. The first-order valence-corrected chi connectivity index (χ1v) is 6.52. The minimum Gasteiger partial charge on any atom is -0.389 e. The molecule has 3 heteroatoms. The van der Waals surface area contributed by atoms with E-state index in [0.29, 0.717) is 12.6 Å². The zero-order chi connectivity index (χ0) is 12.3. The largest absolute Gasteiger partial charge is 0.389 e. The lowest BCUT2D eigenvalue weighted by atomic mass is 9.95. The summed E-state index contributed by atoms with van der Waals surface area (Å²) in [6.07, 6.45) is 2.07. The van der Waals surface area contributed by atoms with Crippen LogP contribution in [0, 0.1) is 11.8 Å². The Labute approximate surface area is 100 Å². The second-order valence-electron chi connectivity index (χ2n) is 6.04. The highest BCUT2D eigenvalue weighted by Gasteiger charge is 2.31. The van der Waals surface area contributed by atoms with Gasteiger partial charge in [-0.3, -0.25) is 0 Å². The van der Waals surface area contributed by atoms with Gasteiger partial charge in [0.25, 0.3) is 0 Å². The van der Waals surface area contributed by atoms with Crippen LogP contribution < -0.4 is 5.73 Å². The summed E-state index contributed by atoms with van der Waals surface area (Å²) in [7, 11) is 0. The first-order valence-electron chi connectivity index (χ1n) is 6.52. The molecule has 3 nitrogen and oxygen atoms in total. The highest BCUT2D eigenvalue weighted by atomic mass is 16.3. The van der Waals surface area contributed by atoms with Crippen molar-refractivity contribution < 1.29 is 5.11 Å². The summed E-state index contributed by atoms with van der Waals surface area (Å²) in [4.78, 5) is 2.49. The maximum absolute atomic E-state index is 9.98. The SMILES string of the molecule is CC(C)C1CCN(C(C)CC(C)(O)CN)C1. The minimum atomic E-state index is -0.713. The van der Waals surface area contributed by atoms with Gasteiger partial charge in [-0.2, -0.15) is 0 Å². The molecule has 1 aliphatic rings. The van der Waals surface area contributed by atoms with Crippen molar-refractivity contribution in [2.45, 2.75) is 52.2 Å². The summed E-state index contributed by atoms with van der Waals surface area (Å²) in [5.41, 5.74) is 4.85. The zero-order valence-corrected chi connectivity index (χ0v) is 11.2. The molecule has 0 saturated carbocycles. The Kier molecular flexibility index (Phi) is 4.77. The van der Waals surface area contributed by atoms with Gasteiger partial charge in [0.15, 0.2) is 0 Å². The number of likely N-dealkylation sites (tertiary alicyclic amines) is 1. The predicted molar refractivity (Wildman–Crippen MR) is 68.3 cm³/mol. The first-order chi connectivity index (χ1) is 7.35. The molecule has 0 aromatic carbocycles. The third-order valence-corrected chi connectivity index (χ3v) is 4.00. The molecule has 0 aromatic rings. The van der Waals surface area contributed by atoms with Crippen LogP contribution in [0.2, 0.25) is 0 Å². The Morgan fingerprint density at radius 1 is 1.44 bits per heavy atom. The maximum atomic E-state index is 9.98. The second-order valence-corrected chi connectivity index (χ2v) is 6.04. The molecule has 0 radical (unpaired) electrons. The van der Waals surface area contributed by atoms with E-state index in [9.17, 15) is 5.11 Å². The third kappa shape index (κ3) is 3.72. The fourth-order valence-electron chi connectivity index (χ4n) is 2.61. The van der Waals surface area contributed by atoms with Gasteiger partial charge in [-0.15, -0.1) is 0 Å². The van der Waals surface area contributed by atoms with Crippen LogP contribution in [0.25, 0.3) is 0 Å². The van der Waals surface area contributed by atoms with Crippen molar-refractivity contribution in [1.29, 1.82) is 0 Å². The molecule has 1 heterocycles. The topological polar surface area (TPSA) is 49.5 Å². The monoisotopic (exact) mass is 228 g/mol. The normalized spacial score (nSPS) is 28.3. The molecule has 0 bridgehead atoms. The fraction of sp³-hybridized carbons (Fsp3) is 1.00. The summed E-state index contributed by atoms with van der Waals surface area (Å²) in [6, 6.07) is 0.433. The molecular weight excluding hydrogens is 200 g/mol. The summed E-state index contributed by atoms with van der Waals surface area (Å²) < 4.78 is 0. The molecular formula is C13H28N2O. The maximum Gasteiger partial charge on any atom is 0.0756 e. The molecule has 0 spiro atoms.